The van der Waals surface area contributed by atoms with E-state index in [4.69, 9.17) is 0 Å². The van der Waals surface area contributed by atoms with E-state index in [2.05, 4.69) is 4.98 Å². The third-order valence-electron chi connectivity index (χ3n) is 2.32. The fourth-order valence-corrected chi connectivity index (χ4v) is 3.94. The summed E-state index contributed by atoms with van der Waals surface area (Å²) in [6, 6.07) is 4.61. The summed E-state index contributed by atoms with van der Waals surface area (Å²) in [7, 11) is -3.84. The lowest BCUT2D eigenvalue weighted by Crippen LogP contribution is -2.08. The molecule has 0 bridgehead atoms. The second kappa shape index (κ2) is 4.61. The Morgan fingerprint density at radius 1 is 1.16 bits per heavy atom. The van der Waals surface area contributed by atoms with Crippen LogP contribution in [-0.4, -0.2) is 13.4 Å². The zero-order valence-electron chi connectivity index (χ0n) is 9.60. The Bertz CT molecular complexity index is 687. The van der Waals surface area contributed by atoms with Gasteiger partial charge in [-0.1, -0.05) is 0 Å². The van der Waals surface area contributed by atoms with Crippen molar-refractivity contribution >= 4 is 21.2 Å². The van der Waals surface area contributed by atoms with Crippen molar-refractivity contribution in [3.63, 3.8) is 0 Å². The third-order valence-corrected chi connectivity index (χ3v) is 5.48. The molecule has 0 aliphatic heterocycles. The molecule has 8 heteroatoms. The first-order valence-corrected chi connectivity index (χ1v) is 7.36. The van der Waals surface area contributed by atoms with Crippen molar-refractivity contribution in [1.29, 1.82) is 0 Å². The molecule has 0 N–H and O–H groups in total. The Hall–Kier alpha value is -1.41. The van der Waals surface area contributed by atoms with Gasteiger partial charge in [0.1, 0.15) is 4.21 Å². The maximum atomic E-state index is 12.4. The summed E-state index contributed by atoms with van der Waals surface area (Å²) < 4.78 is 61.3. The van der Waals surface area contributed by atoms with Crippen LogP contribution in [0.4, 0.5) is 13.2 Å². The number of halogens is 3. The molecule has 0 radical (unpaired) electrons. The summed E-state index contributed by atoms with van der Waals surface area (Å²) in [6.45, 7) is 1.74. The first-order valence-electron chi connectivity index (χ1n) is 5.06. The van der Waals surface area contributed by atoms with Gasteiger partial charge in [0, 0.05) is 11.1 Å². The molecule has 0 aliphatic rings. The number of hydrogen-bond acceptors (Lipinski definition) is 4. The molecule has 0 aromatic carbocycles. The van der Waals surface area contributed by atoms with Crippen LogP contribution in [-0.2, 0) is 16.0 Å². The average molecular weight is 307 g/mol. The number of nitrogens with zero attached hydrogens (tertiary/aromatic N) is 1. The Kier molecular flexibility index (Phi) is 3.40. The van der Waals surface area contributed by atoms with Gasteiger partial charge in [0.2, 0.25) is 9.84 Å². The lowest BCUT2D eigenvalue weighted by atomic mass is 10.3. The average Bonchev–Trinajstić information content (AvgIpc) is 2.76. The molecule has 2 aromatic heterocycles. The lowest BCUT2D eigenvalue weighted by Gasteiger charge is -2.06. The van der Waals surface area contributed by atoms with Crippen molar-refractivity contribution in [3.8, 4) is 0 Å². The Morgan fingerprint density at radius 3 is 2.26 bits per heavy atom. The minimum Gasteiger partial charge on any atom is -0.244 e. The number of thiophene rings is 1. The smallest absolute Gasteiger partial charge is 0.244 e. The van der Waals surface area contributed by atoms with Crippen molar-refractivity contribution in [3.05, 3.63) is 40.9 Å². The van der Waals surface area contributed by atoms with Gasteiger partial charge in [0.15, 0.2) is 5.03 Å². The molecular weight excluding hydrogens is 299 g/mol. The van der Waals surface area contributed by atoms with Gasteiger partial charge in [-0.2, -0.15) is 13.2 Å². The number of rotatable bonds is 2. The summed E-state index contributed by atoms with van der Waals surface area (Å²) in [5.74, 6) is 0. The molecule has 0 atom stereocenters. The fraction of sp³-hybridized carbons (Fsp3) is 0.182. The van der Waals surface area contributed by atoms with E-state index in [1.165, 1.54) is 6.07 Å². The van der Waals surface area contributed by atoms with Crippen molar-refractivity contribution in [2.45, 2.75) is 22.3 Å². The van der Waals surface area contributed by atoms with Crippen LogP contribution in [0.1, 0.15) is 10.4 Å². The van der Waals surface area contributed by atoms with Crippen molar-refractivity contribution in [1.82, 2.24) is 4.98 Å². The van der Waals surface area contributed by atoms with Gasteiger partial charge < -0.3 is 0 Å². The maximum Gasteiger partial charge on any atom is 0.417 e. The van der Waals surface area contributed by atoms with E-state index in [1.807, 2.05) is 0 Å². The van der Waals surface area contributed by atoms with Crippen LogP contribution in [0.5, 0.6) is 0 Å². The zero-order chi connectivity index (χ0) is 14.3. The van der Waals surface area contributed by atoms with Crippen molar-refractivity contribution in [2.24, 2.45) is 0 Å². The van der Waals surface area contributed by atoms with Crippen LogP contribution in [0, 0.1) is 6.92 Å². The molecule has 0 unspecified atom stereocenters. The van der Waals surface area contributed by atoms with Crippen LogP contribution in [0.3, 0.4) is 0 Å². The zero-order valence-corrected chi connectivity index (χ0v) is 11.2. The van der Waals surface area contributed by atoms with Crippen molar-refractivity contribution in [2.75, 3.05) is 0 Å². The SMILES string of the molecule is Cc1ccc(S(=O)(=O)c2ccc(C(F)(F)F)cn2)s1. The molecule has 0 aliphatic carbocycles. The first kappa shape index (κ1) is 14.0. The maximum absolute atomic E-state index is 12.4. The largest absolute Gasteiger partial charge is 0.417 e. The van der Waals surface area contributed by atoms with E-state index in [1.54, 1.807) is 13.0 Å². The Morgan fingerprint density at radius 2 is 1.84 bits per heavy atom. The molecular formula is C11H8F3NO2S2. The Balaban J connectivity index is 2.43. The van der Waals surface area contributed by atoms with E-state index in [0.717, 1.165) is 22.3 Å². The van der Waals surface area contributed by atoms with Gasteiger partial charge in [-0.3, -0.25) is 0 Å². The predicted molar refractivity (Wildman–Crippen MR) is 63.7 cm³/mol. The van der Waals surface area contributed by atoms with E-state index in [9.17, 15) is 21.6 Å². The van der Waals surface area contributed by atoms with Gasteiger partial charge in [0.25, 0.3) is 0 Å². The number of hydrogen-bond donors (Lipinski definition) is 0. The molecule has 3 nitrogen and oxygen atoms in total. The van der Waals surface area contributed by atoms with Gasteiger partial charge in [0.05, 0.1) is 5.56 Å². The fourth-order valence-electron chi connectivity index (χ4n) is 1.37. The highest BCUT2D eigenvalue weighted by atomic mass is 32.2. The molecule has 0 amide bonds. The topological polar surface area (TPSA) is 47.0 Å². The quantitative estimate of drug-likeness (QED) is 0.855. The van der Waals surface area contributed by atoms with Gasteiger partial charge in [-0.05, 0) is 31.2 Å². The molecule has 102 valence electrons. The van der Waals surface area contributed by atoms with Gasteiger partial charge in [-0.25, -0.2) is 13.4 Å². The highest BCUT2D eigenvalue weighted by Crippen LogP contribution is 2.30. The van der Waals surface area contributed by atoms with E-state index < -0.39 is 21.6 Å². The van der Waals surface area contributed by atoms with Crippen LogP contribution in [0.25, 0.3) is 0 Å². The number of aryl methyl sites for hydroxylation is 1. The highest BCUT2D eigenvalue weighted by Gasteiger charge is 2.31. The molecule has 0 spiro atoms. The van der Waals surface area contributed by atoms with Gasteiger partial charge in [-0.15, -0.1) is 11.3 Å². The summed E-state index contributed by atoms with van der Waals surface area (Å²) in [5.41, 5.74) is -0.978. The third kappa shape index (κ3) is 2.79. The first-order chi connectivity index (χ1) is 8.71. The van der Waals surface area contributed by atoms with E-state index in [-0.39, 0.29) is 9.24 Å². The number of sulfone groups is 1. The molecule has 0 saturated heterocycles. The Labute approximate surface area is 111 Å². The molecule has 2 rings (SSSR count). The monoisotopic (exact) mass is 307 g/mol. The predicted octanol–water partition coefficient (Wildman–Crippen LogP) is 3.30. The van der Waals surface area contributed by atoms with Crippen molar-refractivity contribution < 1.29 is 21.6 Å². The number of alkyl halides is 3. The highest BCUT2D eigenvalue weighted by molar-refractivity contribution is 7.93. The standard InChI is InChI=1S/C11H8F3NO2S2/c1-7-2-5-10(18-7)19(16,17)9-4-3-8(6-15-9)11(12,13)14/h2-6H,1H3. The molecule has 0 saturated carbocycles. The van der Waals surface area contributed by atoms with Crippen LogP contribution in [0.2, 0.25) is 0 Å². The molecule has 2 heterocycles. The number of aromatic nitrogens is 1. The second-order valence-electron chi connectivity index (χ2n) is 3.75. The van der Waals surface area contributed by atoms with Crippen LogP contribution < -0.4 is 0 Å². The summed E-state index contributed by atoms with van der Waals surface area (Å²) >= 11 is 1.05. The molecule has 19 heavy (non-hydrogen) atoms. The molecule has 0 fully saturated rings. The van der Waals surface area contributed by atoms with Gasteiger partial charge >= 0.3 is 6.18 Å². The minimum absolute atomic E-state index is 0.0669. The minimum atomic E-state index is -4.53. The van der Waals surface area contributed by atoms with Crippen LogP contribution >= 0.6 is 11.3 Å². The lowest BCUT2D eigenvalue weighted by molar-refractivity contribution is -0.137. The summed E-state index contributed by atoms with van der Waals surface area (Å²) in [5, 5.41) is -0.387. The summed E-state index contributed by atoms with van der Waals surface area (Å²) in [4.78, 5) is 4.20. The van der Waals surface area contributed by atoms with E-state index >= 15 is 0 Å². The van der Waals surface area contributed by atoms with E-state index in [0.29, 0.717) is 12.3 Å². The van der Waals surface area contributed by atoms with Crippen LogP contribution in [0.15, 0.2) is 39.7 Å². The number of pyridine rings is 1. The molecule has 2 aromatic rings. The summed E-state index contributed by atoms with van der Waals surface area (Å²) in [6.07, 6.45) is -4.01. The normalized spacial score (nSPS) is 12.6. The second-order valence-corrected chi connectivity index (χ2v) is 7.16.